The molecule has 0 radical (unpaired) electrons. The van der Waals surface area contributed by atoms with Crippen LogP contribution in [0.5, 0.6) is 5.75 Å². The maximum absolute atomic E-state index is 12.5. The van der Waals surface area contributed by atoms with E-state index in [1.807, 2.05) is 24.4 Å². The van der Waals surface area contributed by atoms with Crippen LogP contribution in [0.15, 0.2) is 35.4 Å². The second-order valence-corrected chi connectivity index (χ2v) is 9.67. The predicted octanol–water partition coefficient (Wildman–Crippen LogP) is 2.57. The van der Waals surface area contributed by atoms with E-state index in [0.29, 0.717) is 30.5 Å². The van der Waals surface area contributed by atoms with Crippen molar-refractivity contribution in [3.63, 3.8) is 0 Å². The lowest BCUT2D eigenvalue weighted by Gasteiger charge is -2.16. The van der Waals surface area contributed by atoms with E-state index in [4.69, 9.17) is 9.72 Å². The lowest BCUT2D eigenvalue weighted by molar-refractivity contribution is 0.0577. The second-order valence-electron chi connectivity index (χ2n) is 8.61. The Morgan fingerprint density at radius 2 is 2.09 bits per heavy atom. The molecule has 10 heteroatoms. The fourth-order valence-corrected chi connectivity index (χ4v) is 4.99. The highest BCUT2D eigenvalue weighted by Gasteiger charge is 2.23. The third-order valence-corrected chi connectivity index (χ3v) is 6.40. The minimum atomic E-state index is -0.840. The summed E-state index contributed by atoms with van der Waals surface area (Å²) in [5.74, 6) is 1.36. The van der Waals surface area contributed by atoms with Gasteiger partial charge in [0.1, 0.15) is 11.6 Å². The van der Waals surface area contributed by atoms with Gasteiger partial charge in [0, 0.05) is 35.7 Å². The molecule has 1 aliphatic rings. The lowest BCUT2D eigenvalue weighted by atomic mass is 10.0. The van der Waals surface area contributed by atoms with Crippen molar-refractivity contribution in [2.45, 2.75) is 39.3 Å². The van der Waals surface area contributed by atoms with Crippen molar-refractivity contribution < 1.29 is 9.84 Å². The first kappa shape index (κ1) is 20.7. The molecule has 0 amide bonds. The highest BCUT2D eigenvalue weighted by Crippen LogP contribution is 2.40. The van der Waals surface area contributed by atoms with Crippen LogP contribution in [-0.4, -0.2) is 46.4 Å². The zero-order valence-electron chi connectivity index (χ0n) is 18.4. The van der Waals surface area contributed by atoms with Gasteiger partial charge in [-0.05, 0) is 38.5 Å². The number of thiazole rings is 1. The molecule has 1 aromatic carbocycles. The monoisotopic (exact) mass is 452 g/mol. The van der Waals surface area contributed by atoms with Crippen LogP contribution >= 0.6 is 11.3 Å². The fraction of sp³-hybridized carbons (Fsp3) is 0.364. The first-order chi connectivity index (χ1) is 15.2. The number of hydrogen-bond donors (Lipinski definition) is 1. The van der Waals surface area contributed by atoms with Gasteiger partial charge in [0.2, 0.25) is 0 Å². The van der Waals surface area contributed by atoms with Gasteiger partial charge in [-0.25, -0.2) is 19.0 Å². The van der Waals surface area contributed by atoms with E-state index in [9.17, 15) is 9.90 Å². The molecule has 1 N–H and O–H groups in total. The van der Waals surface area contributed by atoms with Crippen LogP contribution in [0.4, 0.5) is 0 Å². The number of ether oxygens (including phenoxy) is 1. The van der Waals surface area contributed by atoms with Gasteiger partial charge in [0.25, 0.3) is 0 Å². The van der Waals surface area contributed by atoms with Crippen molar-refractivity contribution in [3.8, 4) is 33.3 Å². The Morgan fingerprint density at radius 3 is 2.81 bits per heavy atom. The molecule has 4 heterocycles. The summed E-state index contributed by atoms with van der Waals surface area (Å²) in [7, 11) is 1.64. The third-order valence-electron chi connectivity index (χ3n) is 5.30. The summed E-state index contributed by atoms with van der Waals surface area (Å²) < 4.78 is 10.7. The molecule has 9 nitrogen and oxygen atoms in total. The Bertz CT molecular complexity index is 1370. The molecule has 32 heavy (non-hydrogen) atoms. The summed E-state index contributed by atoms with van der Waals surface area (Å²) >= 11 is 1.50. The standard InChI is InChI=1S/C22H24N6O3S/c1-13-25-26(4)21(29)28(13)20-24-19-16-6-5-14(9-17(16)31-8-7-18(19)32-20)15-10-23-27(11-15)12-22(2,3)30/h5-6,9-11,30H,7-8,12H2,1-4H3. The van der Waals surface area contributed by atoms with Gasteiger partial charge in [0.15, 0.2) is 5.13 Å². The van der Waals surface area contributed by atoms with Gasteiger partial charge < -0.3 is 9.84 Å². The Kier molecular flexibility index (Phi) is 4.79. The molecule has 0 bridgehead atoms. The van der Waals surface area contributed by atoms with Crippen molar-refractivity contribution in [2.24, 2.45) is 7.05 Å². The van der Waals surface area contributed by atoms with Crippen LogP contribution in [0.2, 0.25) is 0 Å². The van der Waals surface area contributed by atoms with Crippen molar-refractivity contribution in [3.05, 3.63) is 51.8 Å². The first-order valence-corrected chi connectivity index (χ1v) is 11.2. The Balaban J connectivity index is 1.53. The molecule has 4 aromatic rings. The van der Waals surface area contributed by atoms with Crippen LogP contribution in [0, 0.1) is 6.92 Å². The van der Waals surface area contributed by atoms with Crippen LogP contribution in [0.3, 0.4) is 0 Å². The van der Waals surface area contributed by atoms with Crippen LogP contribution in [0.1, 0.15) is 24.5 Å². The summed E-state index contributed by atoms with van der Waals surface area (Å²) in [6.07, 6.45) is 4.42. The quantitative estimate of drug-likeness (QED) is 0.511. The zero-order chi connectivity index (χ0) is 22.6. The third kappa shape index (κ3) is 3.65. The molecule has 0 saturated carbocycles. The minimum Gasteiger partial charge on any atom is -0.492 e. The number of aliphatic hydroxyl groups is 1. The zero-order valence-corrected chi connectivity index (χ0v) is 19.2. The number of hydrogen-bond acceptors (Lipinski definition) is 7. The fourth-order valence-electron chi connectivity index (χ4n) is 3.89. The molecular weight excluding hydrogens is 428 g/mol. The van der Waals surface area contributed by atoms with Crippen molar-refractivity contribution in [1.82, 2.24) is 29.1 Å². The van der Waals surface area contributed by atoms with Crippen LogP contribution in [-0.2, 0) is 20.0 Å². The normalized spacial score (nSPS) is 13.4. The Labute approximate surface area is 188 Å². The summed E-state index contributed by atoms with van der Waals surface area (Å²) in [5, 5.41) is 19.2. The van der Waals surface area contributed by atoms with Gasteiger partial charge in [-0.15, -0.1) is 11.3 Å². The van der Waals surface area contributed by atoms with E-state index < -0.39 is 5.60 Å². The SMILES string of the molecule is Cc1nn(C)c(=O)n1-c1nc2c(s1)CCOc1cc(-c3cnn(CC(C)(C)O)c3)ccc1-2. The number of fused-ring (bicyclic) bond motifs is 3. The van der Waals surface area contributed by atoms with Gasteiger partial charge in [0.05, 0.1) is 30.6 Å². The van der Waals surface area contributed by atoms with E-state index in [1.165, 1.54) is 16.0 Å². The maximum Gasteiger partial charge on any atom is 0.352 e. The summed E-state index contributed by atoms with van der Waals surface area (Å²) in [6.45, 7) is 6.25. The number of aryl methyl sites for hydroxylation is 2. The van der Waals surface area contributed by atoms with Crippen molar-refractivity contribution in [1.29, 1.82) is 0 Å². The van der Waals surface area contributed by atoms with Gasteiger partial charge >= 0.3 is 5.69 Å². The van der Waals surface area contributed by atoms with Crippen LogP contribution in [0.25, 0.3) is 27.5 Å². The van der Waals surface area contributed by atoms with E-state index in [-0.39, 0.29) is 5.69 Å². The highest BCUT2D eigenvalue weighted by atomic mass is 32.1. The average Bonchev–Trinajstić information content (AvgIpc) is 3.37. The maximum atomic E-state index is 12.5. The van der Waals surface area contributed by atoms with E-state index in [0.717, 1.165) is 33.0 Å². The molecular formula is C22H24N6O3S. The Hall–Kier alpha value is -3.24. The van der Waals surface area contributed by atoms with Crippen molar-refractivity contribution in [2.75, 3.05) is 6.61 Å². The van der Waals surface area contributed by atoms with Gasteiger partial charge in [-0.2, -0.15) is 10.2 Å². The first-order valence-electron chi connectivity index (χ1n) is 10.3. The smallest absolute Gasteiger partial charge is 0.352 e. The summed E-state index contributed by atoms with van der Waals surface area (Å²) in [5.41, 5.74) is 2.62. The Morgan fingerprint density at radius 1 is 1.28 bits per heavy atom. The summed E-state index contributed by atoms with van der Waals surface area (Å²) in [4.78, 5) is 18.4. The molecule has 0 aliphatic carbocycles. The molecule has 0 unspecified atom stereocenters. The number of aromatic nitrogens is 6. The molecule has 166 valence electrons. The van der Waals surface area contributed by atoms with Gasteiger partial charge in [-0.3, -0.25) is 4.68 Å². The van der Waals surface area contributed by atoms with E-state index in [1.54, 1.807) is 43.3 Å². The number of benzene rings is 1. The second kappa shape index (κ2) is 7.42. The molecule has 3 aromatic heterocycles. The van der Waals surface area contributed by atoms with E-state index in [2.05, 4.69) is 10.2 Å². The minimum absolute atomic E-state index is 0.207. The summed E-state index contributed by atoms with van der Waals surface area (Å²) in [6, 6.07) is 6.02. The topological polar surface area (TPSA) is 100.0 Å². The molecule has 0 saturated heterocycles. The van der Waals surface area contributed by atoms with Crippen molar-refractivity contribution >= 4 is 11.3 Å². The predicted molar refractivity (Wildman–Crippen MR) is 121 cm³/mol. The molecule has 5 rings (SSSR count). The number of nitrogens with zero attached hydrogens (tertiary/aromatic N) is 6. The molecule has 1 aliphatic heterocycles. The van der Waals surface area contributed by atoms with E-state index >= 15 is 0 Å². The molecule has 0 spiro atoms. The average molecular weight is 453 g/mol. The largest absolute Gasteiger partial charge is 0.492 e. The molecule has 0 fully saturated rings. The van der Waals surface area contributed by atoms with Gasteiger partial charge in [-0.1, -0.05) is 6.07 Å². The number of rotatable bonds is 4. The highest BCUT2D eigenvalue weighted by molar-refractivity contribution is 7.14. The van der Waals surface area contributed by atoms with Crippen LogP contribution < -0.4 is 10.4 Å². The molecule has 0 atom stereocenters. The lowest BCUT2D eigenvalue weighted by Crippen LogP contribution is -2.26.